The lowest BCUT2D eigenvalue weighted by molar-refractivity contribution is -0.890. The number of carbonyl (C=O) groups excluding carboxylic acids is 1. The maximum atomic E-state index is 13.4. The summed E-state index contributed by atoms with van der Waals surface area (Å²) in [6, 6.07) is 13.5. The Kier molecular flexibility index (Phi) is 10.4. The highest BCUT2D eigenvalue weighted by Gasteiger charge is 2.32. The maximum Gasteiger partial charge on any atom is 0.416 e. The number of nitriles is 1. The number of benzene rings is 2. The van der Waals surface area contributed by atoms with Gasteiger partial charge in [-0.2, -0.15) is 18.4 Å². The third-order valence-electron chi connectivity index (χ3n) is 5.51. The molecule has 0 bridgehead atoms. The zero-order valence-corrected chi connectivity index (χ0v) is 22.8. The van der Waals surface area contributed by atoms with Gasteiger partial charge in [0.1, 0.15) is 6.54 Å². The Hall–Kier alpha value is -2.53. The van der Waals surface area contributed by atoms with E-state index in [1.165, 1.54) is 17.0 Å². The van der Waals surface area contributed by atoms with E-state index in [9.17, 15) is 23.1 Å². The van der Waals surface area contributed by atoms with Gasteiger partial charge in [0.2, 0.25) is 5.91 Å². The van der Waals surface area contributed by atoms with Gasteiger partial charge in [-0.25, -0.2) is 4.98 Å². The highest BCUT2D eigenvalue weighted by Crippen LogP contribution is 2.36. The Morgan fingerprint density at radius 2 is 1.89 bits per heavy atom. The van der Waals surface area contributed by atoms with Crippen LogP contribution in [0.1, 0.15) is 24.0 Å². The zero-order valence-electron chi connectivity index (χ0n) is 19.8. The Morgan fingerprint density at radius 3 is 2.56 bits per heavy atom. The zero-order chi connectivity index (χ0) is 25.6. The van der Waals surface area contributed by atoms with Crippen molar-refractivity contribution in [1.82, 2.24) is 4.98 Å². The molecule has 3 aromatic rings. The fraction of sp³-hybridized carbons (Fsp3) is 0.320. The largest absolute Gasteiger partial charge is 1.00 e. The number of rotatable bonds is 9. The summed E-state index contributed by atoms with van der Waals surface area (Å²) in [5.74, 6) is -0.375. The molecule has 192 valence electrons. The number of aromatic nitrogens is 1. The normalized spacial score (nSPS) is 11.5. The molecule has 0 saturated heterocycles. The first kappa shape index (κ1) is 29.7. The summed E-state index contributed by atoms with van der Waals surface area (Å²) in [5, 5.41) is 20.3. The molecule has 0 spiro atoms. The summed E-state index contributed by atoms with van der Waals surface area (Å²) in [6.07, 6.45) is -3.96. The van der Waals surface area contributed by atoms with Crippen molar-refractivity contribution in [2.45, 2.75) is 19.0 Å². The van der Waals surface area contributed by atoms with Crippen molar-refractivity contribution in [2.24, 2.45) is 0 Å². The number of nitrogens with zero attached hydrogens (tertiary/aromatic N) is 4. The first-order valence-corrected chi connectivity index (χ1v) is 11.8. The van der Waals surface area contributed by atoms with E-state index in [1.54, 1.807) is 29.6 Å². The van der Waals surface area contributed by atoms with E-state index in [2.05, 4.69) is 11.1 Å². The molecule has 0 aliphatic rings. The van der Waals surface area contributed by atoms with Crippen LogP contribution in [-0.4, -0.2) is 54.3 Å². The molecule has 1 N–H and O–H groups in total. The molecule has 1 amide bonds. The number of alkyl halides is 3. The second-order valence-corrected chi connectivity index (χ2v) is 9.53. The average molecular weight is 630 g/mol. The van der Waals surface area contributed by atoms with Crippen LogP contribution >= 0.6 is 11.3 Å². The van der Waals surface area contributed by atoms with Crippen molar-refractivity contribution >= 4 is 28.1 Å². The van der Waals surface area contributed by atoms with Gasteiger partial charge in [0.05, 0.1) is 55.8 Å². The number of quaternary nitrogens is 1. The molecule has 0 radical (unpaired) electrons. The second-order valence-electron chi connectivity index (χ2n) is 8.70. The minimum absolute atomic E-state index is 0. The molecule has 0 saturated carbocycles. The number of likely N-dealkylation sites (N-methyl/N-ethyl adjacent to an activating group) is 1. The van der Waals surface area contributed by atoms with Gasteiger partial charge in [-0.05, 0) is 30.3 Å². The number of anilines is 2. The number of aliphatic hydroxyl groups excluding tert-OH is 1. The highest BCUT2D eigenvalue weighted by molar-refractivity contribution is 7.14. The van der Waals surface area contributed by atoms with Crippen LogP contribution in [0.2, 0.25) is 0 Å². The van der Waals surface area contributed by atoms with Gasteiger partial charge in [0, 0.05) is 23.8 Å². The average Bonchev–Trinajstić information content (AvgIpc) is 3.28. The van der Waals surface area contributed by atoms with Crippen molar-refractivity contribution in [1.29, 1.82) is 5.26 Å². The first-order valence-electron chi connectivity index (χ1n) is 10.9. The monoisotopic (exact) mass is 630 g/mol. The molecule has 0 unspecified atom stereocenters. The number of hydrogen-bond acceptors (Lipinski definition) is 5. The van der Waals surface area contributed by atoms with Gasteiger partial charge in [-0.1, -0.05) is 18.2 Å². The van der Waals surface area contributed by atoms with E-state index in [0.717, 1.165) is 23.5 Å². The summed E-state index contributed by atoms with van der Waals surface area (Å²) < 4.78 is 40.6. The molecule has 11 heteroatoms. The van der Waals surface area contributed by atoms with Crippen LogP contribution in [0.4, 0.5) is 24.0 Å². The van der Waals surface area contributed by atoms with E-state index in [0.29, 0.717) is 40.8 Å². The molecule has 0 aliphatic heterocycles. The number of hydrogen-bond donors (Lipinski definition) is 1. The van der Waals surface area contributed by atoms with Gasteiger partial charge in [0.15, 0.2) is 5.13 Å². The first-order chi connectivity index (χ1) is 16.5. The van der Waals surface area contributed by atoms with Crippen LogP contribution < -0.4 is 28.9 Å². The summed E-state index contributed by atoms with van der Waals surface area (Å²) in [7, 11) is 3.88. The number of carbonyl (C=O) groups is 1. The van der Waals surface area contributed by atoms with Crippen LogP contribution in [0.25, 0.3) is 11.3 Å². The lowest BCUT2D eigenvalue weighted by Crippen LogP contribution is -3.00. The number of thiazole rings is 1. The molecule has 6 nitrogen and oxygen atoms in total. The van der Waals surface area contributed by atoms with Gasteiger partial charge in [0.25, 0.3) is 0 Å². The van der Waals surface area contributed by atoms with Crippen molar-refractivity contribution in [2.75, 3.05) is 38.7 Å². The van der Waals surface area contributed by atoms with E-state index in [1.807, 2.05) is 14.1 Å². The van der Waals surface area contributed by atoms with Gasteiger partial charge < -0.3 is 33.6 Å². The number of amides is 1. The van der Waals surface area contributed by atoms with E-state index < -0.39 is 11.7 Å². The van der Waals surface area contributed by atoms with E-state index in [4.69, 9.17) is 5.26 Å². The molecule has 1 aromatic heterocycles. The van der Waals surface area contributed by atoms with Crippen molar-refractivity contribution in [3.8, 4) is 17.3 Å². The molecule has 36 heavy (non-hydrogen) atoms. The van der Waals surface area contributed by atoms with Crippen LogP contribution in [0.3, 0.4) is 0 Å². The SMILES string of the molecule is C[N+](C)(CCO)CCCC(=O)N(c1cccc(C(F)(F)F)c1)c1nc(-c2cccc(C#N)c2)cs1.[I-]. The van der Waals surface area contributed by atoms with Crippen LogP contribution in [0.5, 0.6) is 0 Å². The molecule has 0 fully saturated rings. The molecular weight excluding hydrogens is 604 g/mol. The Balaban J connectivity index is 0.00000456. The topological polar surface area (TPSA) is 77.2 Å². The minimum Gasteiger partial charge on any atom is -1.00 e. The summed E-state index contributed by atoms with van der Waals surface area (Å²) in [5.41, 5.74) is 0.873. The van der Waals surface area contributed by atoms with Crippen LogP contribution in [-0.2, 0) is 11.0 Å². The summed E-state index contributed by atoms with van der Waals surface area (Å²) in [4.78, 5) is 19.1. The fourth-order valence-electron chi connectivity index (χ4n) is 3.58. The smallest absolute Gasteiger partial charge is 0.416 e. The Labute approximate surface area is 229 Å². The molecule has 0 aliphatic carbocycles. The van der Waals surface area contributed by atoms with E-state index in [-0.39, 0.29) is 53.7 Å². The lowest BCUT2D eigenvalue weighted by Gasteiger charge is -2.29. The van der Waals surface area contributed by atoms with Gasteiger partial charge >= 0.3 is 6.18 Å². The predicted molar refractivity (Wildman–Crippen MR) is 129 cm³/mol. The second kappa shape index (κ2) is 12.6. The van der Waals surface area contributed by atoms with Crippen molar-refractivity contribution < 1.29 is 51.5 Å². The van der Waals surface area contributed by atoms with Crippen molar-refractivity contribution in [3.05, 3.63) is 65.0 Å². The van der Waals surface area contributed by atoms with Crippen LogP contribution in [0.15, 0.2) is 53.9 Å². The number of halogens is 4. The van der Waals surface area contributed by atoms with Crippen LogP contribution in [0, 0.1) is 11.3 Å². The molecular formula is C25H26F3IN4O2S. The molecule has 3 rings (SSSR count). The quantitative estimate of drug-likeness (QED) is 0.291. The predicted octanol–water partition coefficient (Wildman–Crippen LogP) is 2.22. The Morgan fingerprint density at radius 1 is 1.17 bits per heavy atom. The van der Waals surface area contributed by atoms with Gasteiger partial charge in [-0.15, -0.1) is 11.3 Å². The van der Waals surface area contributed by atoms with Gasteiger partial charge in [-0.3, -0.25) is 9.69 Å². The molecule has 0 atom stereocenters. The maximum absolute atomic E-state index is 13.4. The highest BCUT2D eigenvalue weighted by atomic mass is 127. The summed E-state index contributed by atoms with van der Waals surface area (Å²) in [6.45, 7) is 1.17. The van der Waals surface area contributed by atoms with Crippen molar-refractivity contribution in [3.63, 3.8) is 0 Å². The lowest BCUT2D eigenvalue weighted by atomic mass is 10.1. The Bertz CT molecular complexity index is 1220. The third-order valence-corrected chi connectivity index (χ3v) is 6.34. The standard InChI is InChI=1S/C25H26F3N4O2S.HI/c1-32(2,12-13-33)11-5-10-23(34)31(21-9-4-8-20(15-21)25(26,27)28)24-30-22(17-35-24)19-7-3-6-18(14-19)16-29;/h3-4,6-9,14-15,17,33H,5,10-13H2,1-2H3;1H/q+1;/p-1. The third kappa shape index (κ3) is 7.73. The van der Waals surface area contributed by atoms with E-state index >= 15 is 0 Å². The fourth-order valence-corrected chi connectivity index (χ4v) is 4.45. The number of aliphatic hydroxyl groups is 1. The molecule has 2 aromatic carbocycles. The molecule has 1 heterocycles. The minimum atomic E-state index is -4.55. The summed E-state index contributed by atoms with van der Waals surface area (Å²) >= 11 is 1.14.